The van der Waals surface area contributed by atoms with Gasteiger partial charge in [-0.15, -0.1) is 0 Å². The van der Waals surface area contributed by atoms with Crippen molar-refractivity contribution in [2.24, 2.45) is 5.92 Å². The van der Waals surface area contributed by atoms with Crippen molar-refractivity contribution < 1.29 is 14.4 Å². The molecule has 0 aromatic heterocycles. The first-order valence-electron chi connectivity index (χ1n) is 7.61. The highest BCUT2D eigenvalue weighted by molar-refractivity contribution is 5.93. The SMILES string of the molecule is CC.C[C@@H]1CC2c3c(F)cc(C(=O)NO)cc3CCN2C1. The van der Waals surface area contributed by atoms with Crippen molar-refractivity contribution in [3.8, 4) is 0 Å². The van der Waals surface area contributed by atoms with Crippen LogP contribution in [0.3, 0.4) is 0 Å². The molecule has 2 aliphatic rings. The fourth-order valence-corrected chi connectivity index (χ4v) is 3.39. The number of fused-ring (bicyclic) bond motifs is 3. The number of carbonyl (C=O) groups excluding carboxylic acids is 1. The maximum atomic E-state index is 14.3. The summed E-state index contributed by atoms with van der Waals surface area (Å²) in [5.74, 6) is -0.417. The summed E-state index contributed by atoms with van der Waals surface area (Å²) in [6, 6.07) is 3.06. The molecule has 0 bridgehead atoms. The van der Waals surface area contributed by atoms with E-state index in [4.69, 9.17) is 5.21 Å². The number of nitrogens with zero attached hydrogens (tertiary/aromatic N) is 1. The lowest BCUT2D eigenvalue weighted by molar-refractivity contribution is 0.0705. The third-order valence-corrected chi connectivity index (χ3v) is 4.19. The average Bonchev–Trinajstić information content (AvgIpc) is 2.88. The van der Waals surface area contributed by atoms with Gasteiger partial charge in [-0.1, -0.05) is 20.8 Å². The molecule has 21 heavy (non-hydrogen) atoms. The molecule has 116 valence electrons. The molecule has 1 saturated heterocycles. The van der Waals surface area contributed by atoms with Gasteiger partial charge in [-0.25, -0.2) is 9.87 Å². The Morgan fingerprint density at radius 3 is 2.81 bits per heavy atom. The molecule has 1 aromatic rings. The molecule has 2 atom stereocenters. The van der Waals surface area contributed by atoms with Gasteiger partial charge in [0.2, 0.25) is 0 Å². The lowest BCUT2D eigenvalue weighted by atomic mass is 9.89. The van der Waals surface area contributed by atoms with Crippen molar-refractivity contribution in [1.82, 2.24) is 10.4 Å². The third-order valence-electron chi connectivity index (χ3n) is 4.19. The fourth-order valence-electron chi connectivity index (χ4n) is 3.39. The first-order valence-corrected chi connectivity index (χ1v) is 7.61. The Hall–Kier alpha value is -1.46. The first kappa shape index (κ1) is 15.9. The summed E-state index contributed by atoms with van der Waals surface area (Å²) in [5, 5.41) is 8.64. The molecular formula is C16H23FN2O2. The number of carbonyl (C=O) groups is 1. The summed E-state index contributed by atoms with van der Waals surface area (Å²) in [5.41, 5.74) is 3.37. The molecule has 0 saturated carbocycles. The standard InChI is InChI=1S/C14H17FN2O2.C2H6/c1-8-4-12-13-9(2-3-17(12)7-8)5-10(6-11(13)15)14(18)16-19;1-2/h5-6,8,12,19H,2-4,7H2,1H3,(H,16,18);1-2H3/t8-,12?;/m1./s1. The molecule has 0 radical (unpaired) electrons. The zero-order valence-corrected chi connectivity index (χ0v) is 12.8. The second-order valence-electron chi connectivity index (χ2n) is 5.57. The molecule has 1 fully saturated rings. The van der Waals surface area contributed by atoms with Crippen molar-refractivity contribution in [3.05, 3.63) is 34.6 Å². The Bertz CT molecular complexity index is 533. The van der Waals surface area contributed by atoms with Crippen LogP contribution in [-0.2, 0) is 6.42 Å². The third kappa shape index (κ3) is 2.94. The highest BCUT2D eigenvalue weighted by atomic mass is 19.1. The summed E-state index contributed by atoms with van der Waals surface area (Å²) < 4.78 is 14.3. The molecule has 0 spiro atoms. The number of halogens is 1. The normalized spacial score (nSPS) is 23.7. The number of nitrogens with one attached hydrogen (secondary N) is 1. The molecule has 2 aliphatic heterocycles. The second-order valence-corrected chi connectivity index (χ2v) is 5.57. The number of hydroxylamine groups is 1. The van der Waals surface area contributed by atoms with Crippen molar-refractivity contribution >= 4 is 5.91 Å². The minimum absolute atomic E-state index is 0.144. The van der Waals surface area contributed by atoms with E-state index < -0.39 is 5.91 Å². The van der Waals surface area contributed by atoms with Crippen LogP contribution in [0.1, 0.15) is 54.7 Å². The van der Waals surface area contributed by atoms with E-state index in [9.17, 15) is 9.18 Å². The molecule has 2 heterocycles. The van der Waals surface area contributed by atoms with Crippen molar-refractivity contribution in [1.29, 1.82) is 0 Å². The Kier molecular flexibility index (Phi) is 4.96. The Morgan fingerprint density at radius 1 is 1.43 bits per heavy atom. The quantitative estimate of drug-likeness (QED) is 0.618. The molecule has 5 heteroatoms. The molecule has 0 aliphatic carbocycles. The maximum absolute atomic E-state index is 14.3. The Labute approximate surface area is 124 Å². The van der Waals surface area contributed by atoms with Crippen LogP contribution in [0.5, 0.6) is 0 Å². The average molecular weight is 294 g/mol. The van der Waals surface area contributed by atoms with Crippen LogP contribution < -0.4 is 5.48 Å². The van der Waals surface area contributed by atoms with Crippen LogP contribution in [0.4, 0.5) is 4.39 Å². The van der Waals surface area contributed by atoms with E-state index in [0.29, 0.717) is 5.92 Å². The molecule has 2 N–H and O–H groups in total. The zero-order chi connectivity index (χ0) is 15.6. The van der Waals surface area contributed by atoms with E-state index in [0.717, 1.165) is 37.1 Å². The van der Waals surface area contributed by atoms with E-state index in [2.05, 4.69) is 11.8 Å². The van der Waals surface area contributed by atoms with Crippen LogP contribution in [0.2, 0.25) is 0 Å². The molecule has 4 nitrogen and oxygen atoms in total. The van der Waals surface area contributed by atoms with E-state index in [1.54, 1.807) is 11.5 Å². The lowest BCUT2D eigenvalue weighted by Crippen LogP contribution is -2.32. The first-order chi connectivity index (χ1) is 10.1. The fraction of sp³-hybridized carbons (Fsp3) is 0.562. The zero-order valence-electron chi connectivity index (χ0n) is 12.8. The smallest absolute Gasteiger partial charge is 0.274 e. The topological polar surface area (TPSA) is 52.6 Å². The minimum atomic E-state index is -0.663. The van der Waals surface area contributed by atoms with Gasteiger partial charge in [-0.2, -0.15) is 0 Å². The lowest BCUT2D eigenvalue weighted by Gasteiger charge is -2.32. The van der Waals surface area contributed by atoms with Gasteiger partial charge >= 0.3 is 0 Å². The second kappa shape index (κ2) is 6.54. The van der Waals surface area contributed by atoms with Gasteiger partial charge in [0.15, 0.2) is 0 Å². The minimum Gasteiger partial charge on any atom is -0.296 e. The van der Waals surface area contributed by atoms with Crippen molar-refractivity contribution in [3.63, 3.8) is 0 Å². The summed E-state index contributed by atoms with van der Waals surface area (Å²) in [6.45, 7) is 8.11. The van der Waals surface area contributed by atoms with Gasteiger partial charge in [0, 0.05) is 30.3 Å². The number of hydrogen-bond acceptors (Lipinski definition) is 3. The monoisotopic (exact) mass is 294 g/mol. The van der Waals surface area contributed by atoms with Gasteiger partial charge < -0.3 is 0 Å². The van der Waals surface area contributed by atoms with Gasteiger partial charge in [0.1, 0.15) is 5.82 Å². The van der Waals surface area contributed by atoms with Crippen molar-refractivity contribution in [2.45, 2.75) is 39.7 Å². The highest BCUT2D eigenvalue weighted by Gasteiger charge is 2.36. The summed E-state index contributed by atoms with van der Waals surface area (Å²) in [7, 11) is 0. The van der Waals surface area contributed by atoms with E-state index in [1.165, 1.54) is 6.07 Å². The molecule has 1 aromatic carbocycles. The number of benzene rings is 1. The number of hydrogen-bond donors (Lipinski definition) is 2. The van der Waals surface area contributed by atoms with Crippen LogP contribution >= 0.6 is 0 Å². The number of amides is 1. The van der Waals surface area contributed by atoms with Crippen LogP contribution in [0.15, 0.2) is 12.1 Å². The number of rotatable bonds is 1. The Morgan fingerprint density at radius 2 is 2.14 bits per heavy atom. The van der Waals surface area contributed by atoms with Crippen LogP contribution in [0.25, 0.3) is 0 Å². The summed E-state index contributed by atoms with van der Waals surface area (Å²) in [6.07, 6.45) is 1.72. The molecule has 1 unspecified atom stereocenters. The van der Waals surface area contributed by atoms with Crippen LogP contribution in [0, 0.1) is 11.7 Å². The maximum Gasteiger partial charge on any atom is 0.274 e. The van der Waals surface area contributed by atoms with Crippen LogP contribution in [-0.4, -0.2) is 29.1 Å². The van der Waals surface area contributed by atoms with Gasteiger partial charge in [0.25, 0.3) is 5.91 Å². The molecule has 3 rings (SSSR count). The Balaban J connectivity index is 0.000000774. The molecular weight excluding hydrogens is 271 g/mol. The van der Waals surface area contributed by atoms with Gasteiger partial charge in [-0.05, 0) is 36.5 Å². The highest BCUT2D eigenvalue weighted by Crippen LogP contribution is 2.41. The van der Waals surface area contributed by atoms with Gasteiger partial charge in [-0.3, -0.25) is 14.9 Å². The van der Waals surface area contributed by atoms with E-state index in [-0.39, 0.29) is 17.4 Å². The predicted molar refractivity (Wildman–Crippen MR) is 78.8 cm³/mol. The van der Waals surface area contributed by atoms with Gasteiger partial charge in [0.05, 0.1) is 0 Å². The van der Waals surface area contributed by atoms with Crippen molar-refractivity contribution in [2.75, 3.05) is 13.1 Å². The largest absolute Gasteiger partial charge is 0.296 e. The molecule has 1 amide bonds. The summed E-state index contributed by atoms with van der Waals surface area (Å²) in [4.78, 5) is 13.7. The summed E-state index contributed by atoms with van der Waals surface area (Å²) >= 11 is 0. The van der Waals surface area contributed by atoms with E-state index in [1.807, 2.05) is 13.8 Å². The predicted octanol–water partition coefficient (Wildman–Crippen LogP) is 2.91. The van der Waals surface area contributed by atoms with E-state index >= 15 is 0 Å².